The number of nitrogens with one attached hydrogen (secondary N) is 2. The molecule has 17 nitrogen and oxygen atoms in total. The van der Waals surface area contributed by atoms with E-state index in [0.29, 0.717) is 31.4 Å². The van der Waals surface area contributed by atoms with Crippen LogP contribution in [0.2, 0.25) is 0 Å². The Labute approximate surface area is 346 Å². The molecule has 2 amide bonds. The predicted molar refractivity (Wildman–Crippen MR) is 237 cm³/mol. The number of fused-ring (bicyclic) bond motifs is 2. The van der Waals surface area contributed by atoms with E-state index in [1.165, 1.54) is 0 Å². The predicted octanol–water partition coefficient (Wildman–Crippen LogP) is 3.87. The Bertz CT molecular complexity index is 2180. The topological polar surface area (TPSA) is 185 Å². The number of carbonyl (C=O) groups excluding carboxylic acids is 1. The molecule has 6 N–H and O–H groups in total. The van der Waals surface area contributed by atoms with Crippen LogP contribution in [0.3, 0.4) is 0 Å². The average molecular weight is 809 g/mol. The molecule has 0 aliphatic carbocycles. The number of nitrogens with two attached hydrogens (primary N) is 2. The Balaban J connectivity index is 0.000000200. The van der Waals surface area contributed by atoms with Crippen molar-refractivity contribution in [3.63, 3.8) is 0 Å². The van der Waals surface area contributed by atoms with E-state index < -0.39 is 0 Å². The minimum Gasteiger partial charge on any atom is -0.399 e. The van der Waals surface area contributed by atoms with Crippen molar-refractivity contribution in [3.8, 4) is 22.8 Å². The summed E-state index contributed by atoms with van der Waals surface area (Å²) >= 11 is 0. The van der Waals surface area contributed by atoms with Gasteiger partial charge in [-0.15, -0.1) is 10.2 Å². The van der Waals surface area contributed by atoms with Crippen molar-refractivity contribution in [2.45, 2.75) is 7.43 Å². The minimum absolute atomic E-state index is 0. The van der Waals surface area contributed by atoms with Gasteiger partial charge in [-0.2, -0.15) is 0 Å². The molecular weight excluding hydrogens is 749 g/mol. The molecule has 6 aromatic rings. The van der Waals surface area contributed by atoms with Gasteiger partial charge in [-0.1, -0.05) is 7.43 Å². The largest absolute Gasteiger partial charge is 0.399 e. The first-order chi connectivity index (χ1) is 28.2. The van der Waals surface area contributed by atoms with Crippen LogP contribution in [-0.4, -0.2) is 152 Å². The number of likely N-dealkylation sites (N-methyl/N-ethyl adjacent to an activating group) is 2. The summed E-state index contributed by atoms with van der Waals surface area (Å²) in [6.07, 6.45) is 3.88. The Morgan fingerprint density at radius 2 is 1.15 bits per heavy atom. The first kappa shape index (κ1) is 44.3. The number of anilines is 4. The lowest BCUT2D eigenvalue weighted by atomic mass is 10.2. The molecule has 2 aliphatic rings. The quantitative estimate of drug-likeness (QED) is 0.147. The summed E-state index contributed by atoms with van der Waals surface area (Å²) in [4.78, 5) is 30.2. The highest BCUT2D eigenvalue weighted by molar-refractivity contribution is 5.89. The van der Waals surface area contributed by atoms with E-state index >= 15 is 0 Å². The maximum atomic E-state index is 12.0. The van der Waals surface area contributed by atoms with Gasteiger partial charge in [0.25, 0.3) is 0 Å². The number of nitrogens with zero attached hydrogens (tertiary/aromatic N) is 10. The van der Waals surface area contributed by atoms with E-state index in [-0.39, 0.29) is 13.5 Å². The zero-order valence-electron chi connectivity index (χ0n) is 33.9. The fourth-order valence-corrected chi connectivity index (χ4v) is 6.26. The van der Waals surface area contributed by atoms with Crippen molar-refractivity contribution in [1.29, 1.82) is 0 Å². The highest BCUT2D eigenvalue weighted by Crippen LogP contribution is 2.27. The van der Waals surface area contributed by atoms with Crippen molar-refractivity contribution in [2.75, 3.05) is 128 Å². The van der Waals surface area contributed by atoms with Crippen molar-refractivity contribution >= 4 is 40.1 Å². The summed E-state index contributed by atoms with van der Waals surface area (Å²) < 4.78 is 14.7. The van der Waals surface area contributed by atoms with Gasteiger partial charge in [-0.3, -0.25) is 0 Å². The minimum atomic E-state index is -0.218. The zero-order valence-corrected chi connectivity index (χ0v) is 33.9. The highest BCUT2D eigenvalue weighted by Gasteiger charge is 2.20. The number of carbonyl (C=O) groups is 1. The molecule has 2 aromatic carbocycles. The van der Waals surface area contributed by atoms with Gasteiger partial charge in [0.05, 0.1) is 26.4 Å². The lowest BCUT2D eigenvalue weighted by molar-refractivity contribution is 0.122. The zero-order chi connectivity index (χ0) is 40.9. The smallest absolute Gasteiger partial charge is 0.319 e. The van der Waals surface area contributed by atoms with Crippen LogP contribution < -0.4 is 31.9 Å². The molecule has 0 radical (unpaired) electrons. The van der Waals surface area contributed by atoms with E-state index in [9.17, 15) is 4.79 Å². The molecule has 0 spiro atoms. The van der Waals surface area contributed by atoms with E-state index in [1.807, 2.05) is 127 Å². The van der Waals surface area contributed by atoms with Crippen LogP contribution in [-0.2, 0) is 9.47 Å². The van der Waals surface area contributed by atoms with Gasteiger partial charge >= 0.3 is 6.03 Å². The number of hydrogen-bond acceptors (Lipinski definition) is 13. The number of urea groups is 1. The van der Waals surface area contributed by atoms with Crippen LogP contribution in [0, 0.1) is 0 Å². The normalized spacial score (nSPS) is 14.0. The second-order valence-corrected chi connectivity index (χ2v) is 14.4. The molecule has 2 aliphatic heterocycles. The van der Waals surface area contributed by atoms with Crippen LogP contribution in [0.4, 0.5) is 27.8 Å². The van der Waals surface area contributed by atoms with Crippen LogP contribution in [0.1, 0.15) is 7.43 Å². The van der Waals surface area contributed by atoms with Crippen LogP contribution in [0.25, 0.3) is 33.8 Å². The summed E-state index contributed by atoms with van der Waals surface area (Å²) in [6, 6.07) is 23.0. The van der Waals surface area contributed by atoms with Gasteiger partial charge in [0.2, 0.25) is 0 Å². The number of benzene rings is 2. The van der Waals surface area contributed by atoms with Crippen LogP contribution in [0.15, 0.2) is 85.2 Å². The molecule has 316 valence electrons. The number of aromatic nitrogens is 6. The monoisotopic (exact) mass is 808 g/mol. The third-order valence-corrected chi connectivity index (χ3v) is 9.36. The fourth-order valence-electron chi connectivity index (χ4n) is 6.26. The first-order valence-corrected chi connectivity index (χ1v) is 19.6. The van der Waals surface area contributed by atoms with E-state index in [0.717, 1.165) is 104 Å². The lowest BCUT2D eigenvalue weighted by Gasteiger charge is -2.28. The molecule has 6 heterocycles. The van der Waals surface area contributed by atoms with E-state index in [4.69, 9.17) is 30.9 Å². The van der Waals surface area contributed by atoms with Crippen LogP contribution >= 0.6 is 0 Å². The van der Waals surface area contributed by atoms with Crippen molar-refractivity contribution in [3.05, 3.63) is 85.2 Å². The Morgan fingerprint density at radius 1 is 0.695 bits per heavy atom. The van der Waals surface area contributed by atoms with Gasteiger partial charge < -0.3 is 51.2 Å². The maximum absolute atomic E-state index is 12.0. The summed E-state index contributed by atoms with van der Waals surface area (Å²) in [7, 11) is 7.95. The van der Waals surface area contributed by atoms with E-state index in [2.05, 4.69) is 35.5 Å². The van der Waals surface area contributed by atoms with Crippen molar-refractivity contribution in [2.24, 2.45) is 5.73 Å². The molecule has 17 heteroatoms. The second kappa shape index (κ2) is 21.8. The molecule has 0 atom stereocenters. The highest BCUT2D eigenvalue weighted by atomic mass is 16.5. The molecule has 8 rings (SSSR count). The summed E-state index contributed by atoms with van der Waals surface area (Å²) in [5.41, 5.74) is 16.2. The molecule has 0 bridgehead atoms. The molecular formula is C42H60N14O3. The standard InChI is InChI=1S/C21H27N7O2.C16H17N5O.C4H12N2.CH4/c1-26(2)11-9-22-21(29)23-17-7-5-16(6-8-17)19-24-20(27-12-14-30-15-13-27)18-4-3-10-28(18)25-19;17-13-5-3-12(4-6-13)15-18-16(20-8-10-22-11-9-20)14-2-1-7-21(14)19-15;1-6(2)4-3-5;/h3-8,10H,9,11-15H2,1-2H3,(H2,22,23,29);1-7H,8-11,17H2;3-5H2,1-2H3;1H4. The summed E-state index contributed by atoms with van der Waals surface area (Å²) in [5.74, 6) is 3.21. The molecule has 4 aromatic heterocycles. The second-order valence-electron chi connectivity index (χ2n) is 14.4. The number of morpholine rings is 2. The van der Waals surface area contributed by atoms with Crippen molar-refractivity contribution < 1.29 is 14.3 Å². The number of nitrogen functional groups attached to an aromatic ring is 1. The van der Waals surface area contributed by atoms with Gasteiger partial charge in [0.1, 0.15) is 11.0 Å². The third kappa shape index (κ3) is 12.3. The Morgan fingerprint density at radius 3 is 1.58 bits per heavy atom. The van der Waals surface area contributed by atoms with Crippen molar-refractivity contribution in [1.82, 2.24) is 44.3 Å². The van der Waals surface area contributed by atoms with Gasteiger partial charge in [-0.05, 0) is 101 Å². The molecule has 59 heavy (non-hydrogen) atoms. The third-order valence-electron chi connectivity index (χ3n) is 9.36. The number of ether oxygens (including phenoxy) is 2. The summed E-state index contributed by atoms with van der Waals surface area (Å²) in [5, 5.41) is 14.9. The van der Waals surface area contributed by atoms with Gasteiger partial charge in [0, 0.05) is 87.3 Å². The lowest BCUT2D eigenvalue weighted by Crippen LogP contribution is -2.37. The maximum Gasteiger partial charge on any atom is 0.319 e. The number of amides is 2. The van der Waals surface area contributed by atoms with Crippen LogP contribution in [0.5, 0.6) is 0 Å². The molecule has 0 unspecified atom stereocenters. The first-order valence-electron chi connectivity index (χ1n) is 19.6. The summed E-state index contributed by atoms with van der Waals surface area (Å²) in [6.45, 7) is 9.29. The molecule has 2 saturated heterocycles. The number of hydrogen-bond donors (Lipinski definition) is 4. The molecule has 0 saturated carbocycles. The Kier molecular flexibility index (Phi) is 16.3. The fraction of sp³-hybridized carbons (Fsp3) is 0.405. The van der Waals surface area contributed by atoms with Gasteiger partial charge in [-0.25, -0.2) is 23.8 Å². The average Bonchev–Trinajstić information content (AvgIpc) is 3.92. The molecule has 2 fully saturated rings. The number of rotatable bonds is 10. The Hall–Kier alpha value is -5.85. The van der Waals surface area contributed by atoms with E-state index in [1.54, 1.807) is 0 Å². The SMILES string of the molecule is C.CN(C)CCN.CN(C)CCNC(=O)Nc1ccc(-c2nc(N3CCOCC3)c3cccn3n2)cc1.Nc1ccc(-c2nc(N3CCOCC3)c3cccn3n2)cc1. The van der Waals surface area contributed by atoms with Gasteiger partial charge in [0.15, 0.2) is 23.3 Å².